The number of aliphatic hydroxyl groups excluding tert-OH is 1. The summed E-state index contributed by atoms with van der Waals surface area (Å²) >= 11 is 0. The maximum absolute atomic E-state index is 13.1. The van der Waals surface area contributed by atoms with E-state index in [-0.39, 0.29) is 5.91 Å². The van der Waals surface area contributed by atoms with E-state index in [0.717, 1.165) is 17.7 Å². The molecule has 0 radical (unpaired) electrons. The van der Waals surface area contributed by atoms with E-state index >= 15 is 0 Å². The zero-order chi connectivity index (χ0) is 23.8. The Kier molecular flexibility index (Phi) is 5.86. The second-order valence-corrected chi connectivity index (χ2v) is 8.99. The summed E-state index contributed by atoms with van der Waals surface area (Å²) in [4.78, 5) is 27.9. The van der Waals surface area contributed by atoms with E-state index in [1.54, 1.807) is 0 Å². The highest BCUT2D eigenvalue weighted by molar-refractivity contribution is 5.96. The zero-order valence-corrected chi connectivity index (χ0v) is 19.0. The van der Waals surface area contributed by atoms with Crippen molar-refractivity contribution in [1.29, 1.82) is 0 Å². The van der Waals surface area contributed by atoms with Crippen LogP contribution < -0.4 is 15.5 Å². The highest BCUT2D eigenvalue weighted by atomic mass is 19.1. The van der Waals surface area contributed by atoms with Crippen LogP contribution in [0.4, 0.5) is 27.7 Å². The third-order valence-electron chi connectivity index (χ3n) is 6.28. The highest BCUT2D eigenvalue weighted by Gasteiger charge is 2.35. The smallest absolute Gasteiger partial charge is 0.247 e. The van der Waals surface area contributed by atoms with Gasteiger partial charge in [-0.05, 0) is 43.7 Å². The van der Waals surface area contributed by atoms with Crippen LogP contribution in [-0.2, 0) is 11.2 Å². The Labute approximate surface area is 196 Å². The topological polar surface area (TPSA) is 132 Å². The number of H-pyrrole nitrogens is 1. The van der Waals surface area contributed by atoms with Crippen molar-refractivity contribution in [1.82, 2.24) is 25.1 Å². The van der Waals surface area contributed by atoms with Crippen molar-refractivity contribution >= 4 is 29.2 Å². The van der Waals surface area contributed by atoms with Gasteiger partial charge in [0.2, 0.25) is 17.8 Å². The number of carbonyl (C=O) groups is 1. The van der Waals surface area contributed by atoms with Crippen LogP contribution in [0.3, 0.4) is 0 Å². The summed E-state index contributed by atoms with van der Waals surface area (Å²) in [5.41, 5.74) is 2.87. The highest BCUT2D eigenvalue weighted by Crippen LogP contribution is 2.37. The van der Waals surface area contributed by atoms with E-state index in [1.165, 1.54) is 18.3 Å². The minimum absolute atomic E-state index is 0.237. The molecule has 0 saturated carbocycles. The number of anilines is 4. The molecule has 10 nitrogen and oxygen atoms in total. The van der Waals surface area contributed by atoms with Gasteiger partial charge in [-0.25, -0.2) is 9.97 Å². The fourth-order valence-electron chi connectivity index (χ4n) is 4.43. The summed E-state index contributed by atoms with van der Waals surface area (Å²) in [7, 11) is 0. The SMILES string of the molecule is CC(C)c1cc(Nc2nc(N3CCC[C@H]3C(=O)Nc3ccc(F)nc3)nc3c2CC[C@H]3O)n[nH]1. The van der Waals surface area contributed by atoms with Gasteiger partial charge in [0.1, 0.15) is 11.9 Å². The molecule has 4 heterocycles. The molecule has 3 aromatic heterocycles. The van der Waals surface area contributed by atoms with E-state index < -0.39 is 18.1 Å². The molecule has 178 valence electrons. The summed E-state index contributed by atoms with van der Waals surface area (Å²) in [5, 5.41) is 24.0. The van der Waals surface area contributed by atoms with Gasteiger partial charge in [0.15, 0.2) is 5.82 Å². The summed E-state index contributed by atoms with van der Waals surface area (Å²) < 4.78 is 13.1. The Bertz CT molecular complexity index is 1200. The molecule has 1 amide bonds. The fourth-order valence-corrected chi connectivity index (χ4v) is 4.43. The molecule has 4 N–H and O–H groups in total. The van der Waals surface area contributed by atoms with Gasteiger partial charge in [-0.15, -0.1) is 0 Å². The third-order valence-corrected chi connectivity index (χ3v) is 6.28. The van der Waals surface area contributed by atoms with Crippen LogP contribution in [0, 0.1) is 5.95 Å². The second-order valence-electron chi connectivity index (χ2n) is 8.99. The van der Waals surface area contributed by atoms with Crippen LogP contribution in [0.1, 0.15) is 62.1 Å². The molecule has 0 aromatic carbocycles. The number of halogens is 1. The number of hydrogen-bond acceptors (Lipinski definition) is 8. The molecule has 3 aromatic rings. The van der Waals surface area contributed by atoms with Gasteiger partial charge in [-0.3, -0.25) is 9.89 Å². The standard InChI is InChI=1S/C23H27FN8O2/c1-12(2)15-10-19(31-30-15)27-21-14-6-7-17(33)20(14)28-23(29-21)32-9-3-4-16(32)22(34)26-13-5-8-18(24)25-11-13/h5,8,10-12,16-17,33H,3-4,6-7,9H2,1-2H3,(H,26,34)(H2,27,28,29,30,31)/t16-,17+/m0/s1. The summed E-state index contributed by atoms with van der Waals surface area (Å²) in [6.07, 6.45) is 3.25. The number of hydrogen-bond donors (Lipinski definition) is 4. The molecule has 0 bridgehead atoms. The number of nitrogens with zero attached hydrogens (tertiary/aromatic N) is 5. The van der Waals surface area contributed by atoms with Crippen LogP contribution in [0.5, 0.6) is 0 Å². The first kappa shape index (κ1) is 22.2. The van der Waals surface area contributed by atoms with Crippen molar-refractivity contribution in [2.45, 2.75) is 57.6 Å². The lowest BCUT2D eigenvalue weighted by molar-refractivity contribution is -0.117. The van der Waals surface area contributed by atoms with Crippen molar-refractivity contribution < 1.29 is 14.3 Å². The number of nitrogens with one attached hydrogen (secondary N) is 3. The van der Waals surface area contributed by atoms with Gasteiger partial charge in [0, 0.05) is 23.9 Å². The first-order chi connectivity index (χ1) is 16.4. The van der Waals surface area contributed by atoms with Crippen LogP contribution in [0.25, 0.3) is 0 Å². The maximum atomic E-state index is 13.1. The number of rotatable bonds is 6. The Morgan fingerprint density at radius 3 is 2.88 bits per heavy atom. The number of fused-ring (bicyclic) bond motifs is 1. The summed E-state index contributed by atoms with van der Waals surface area (Å²) in [5.74, 6) is 1.07. The molecule has 0 unspecified atom stereocenters. The van der Waals surface area contributed by atoms with E-state index in [0.29, 0.717) is 60.7 Å². The normalized spacial score (nSPS) is 19.5. The minimum Gasteiger partial charge on any atom is -0.387 e. The maximum Gasteiger partial charge on any atom is 0.247 e. The van der Waals surface area contributed by atoms with E-state index in [9.17, 15) is 14.3 Å². The number of aliphatic hydroxyl groups is 1. The Morgan fingerprint density at radius 2 is 2.15 bits per heavy atom. The summed E-state index contributed by atoms with van der Waals surface area (Å²) in [6, 6.07) is 4.11. The van der Waals surface area contributed by atoms with Crippen LogP contribution in [0.2, 0.25) is 0 Å². The van der Waals surface area contributed by atoms with Crippen LogP contribution in [-0.4, -0.2) is 48.7 Å². The van der Waals surface area contributed by atoms with E-state index in [2.05, 4.69) is 44.6 Å². The van der Waals surface area contributed by atoms with Gasteiger partial charge >= 0.3 is 0 Å². The first-order valence-corrected chi connectivity index (χ1v) is 11.5. The van der Waals surface area contributed by atoms with Gasteiger partial charge in [-0.2, -0.15) is 14.5 Å². The van der Waals surface area contributed by atoms with Crippen molar-refractivity contribution in [2.24, 2.45) is 0 Å². The minimum atomic E-state index is -0.678. The Balaban J connectivity index is 1.42. The van der Waals surface area contributed by atoms with Gasteiger partial charge in [0.25, 0.3) is 0 Å². The number of aromatic amines is 1. The lowest BCUT2D eigenvalue weighted by atomic mass is 10.1. The molecule has 1 aliphatic carbocycles. The second kappa shape index (κ2) is 8.98. The third kappa shape index (κ3) is 4.30. The molecular weight excluding hydrogens is 439 g/mol. The Hall–Kier alpha value is -3.60. The fraction of sp³-hybridized carbons (Fsp3) is 0.435. The average molecular weight is 467 g/mol. The molecule has 5 rings (SSSR count). The monoisotopic (exact) mass is 466 g/mol. The predicted molar refractivity (Wildman–Crippen MR) is 124 cm³/mol. The number of amides is 1. The van der Waals surface area contributed by atoms with Crippen molar-refractivity contribution in [3.05, 3.63) is 47.3 Å². The number of aromatic nitrogens is 5. The average Bonchev–Trinajstić information content (AvgIpc) is 3.56. The van der Waals surface area contributed by atoms with Gasteiger partial charge in [0.05, 0.1) is 23.7 Å². The number of carbonyl (C=O) groups excluding carboxylic acids is 1. The predicted octanol–water partition coefficient (Wildman–Crippen LogP) is 3.19. The lowest BCUT2D eigenvalue weighted by Gasteiger charge is -2.25. The molecule has 1 saturated heterocycles. The van der Waals surface area contributed by atoms with Crippen LogP contribution >= 0.6 is 0 Å². The molecule has 1 fully saturated rings. The van der Waals surface area contributed by atoms with E-state index in [1.807, 2.05) is 11.0 Å². The van der Waals surface area contributed by atoms with Crippen LogP contribution in [0.15, 0.2) is 24.4 Å². The molecular formula is C23H27FN8O2. The molecule has 34 heavy (non-hydrogen) atoms. The summed E-state index contributed by atoms with van der Waals surface area (Å²) in [6.45, 7) is 4.76. The quantitative estimate of drug-likeness (QED) is 0.407. The zero-order valence-electron chi connectivity index (χ0n) is 19.0. The molecule has 2 aliphatic rings. The van der Waals surface area contributed by atoms with Crippen molar-refractivity contribution in [2.75, 3.05) is 22.1 Å². The van der Waals surface area contributed by atoms with Gasteiger partial charge < -0.3 is 20.6 Å². The number of pyridine rings is 1. The molecule has 11 heteroatoms. The molecule has 1 aliphatic heterocycles. The molecule has 0 spiro atoms. The molecule has 2 atom stereocenters. The first-order valence-electron chi connectivity index (χ1n) is 11.5. The van der Waals surface area contributed by atoms with Crippen molar-refractivity contribution in [3.8, 4) is 0 Å². The van der Waals surface area contributed by atoms with Gasteiger partial charge in [-0.1, -0.05) is 13.8 Å². The van der Waals surface area contributed by atoms with E-state index in [4.69, 9.17) is 4.98 Å². The largest absolute Gasteiger partial charge is 0.387 e. The Morgan fingerprint density at radius 1 is 1.29 bits per heavy atom. The van der Waals surface area contributed by atoms with Crippen molar-refractivity contribution in [3.63, 3.8) is 0 Å². The lowest BCUT2D eigenvalue weighted by Crippen LogP contribution is -2.40.